The smallest absolute Gasteiger partial charge is 0.224 e. The van der Waals surface area contributed by atoms with Crippen molar-refractivity contribution in [1.82, 2.24) is 4.98 Å². The van der Waals surface area contributed by atoms with Crippen LogP contribution in [0.4, 0.5) is 0 Å². The Bertz CT molecular complexity index is 286. The number of rotatable bonds is 6. The van der Waals surface area contributed by atoms with Crippen LogP contribution in [0.25, 0.3) is 0 Å². The first kappa shape index (κ1) is 10.7. The lowest BCUT2D eigenvalue weighted by Gasteiger charge is -2.05. The molecule has 3 nitrogen and oxygen atoms in total. The highest BCUT2D eigenvalue weighted by molar-refractivity contribution is 5.77. The van der Waals surface area contributed by atoms with Crippen LogP contribution >= 0.6 is 0 Å². The lowest BCUT2D eigenvalue weighted by atomic mass is 10.2. The zero-order valence-corrected chi connectivity index (χ0v) is 8.40. The molecule has 0 saturated heterocycles. The molecule has 1 aromatic heterocycles. The second-order valence-electron chi connectivity index (χ2n) is 3.07. The van der Waals surface area contributed by atoms with Gasteiger partial charge in [-0.3, -0.25) is 4.79 Å². The molecule has 0 fully saturated rings. The first-order chi connectivity index (χ1) is 6.88. The number of carbonyl (C=O) groups is 1. The summed E-state index contributed by atoms with van der Waals surface area (Å²) < 4.78 is 5.39. The van der Waals surface area contributed by atoms with Gasteiger partial charge in [0.15, 0.2) is 6.29 Å². The number of pyridine rings is 1. The second kappa shape index (κ2) is 6.13. The molecule has 0 amide bonds. The molecule has 0 aliphatic heterocycles. The van der Waals surface area contributed by atoms with Gasteiger partial charge < -0.3 is 4.74 Å². The molecule has 0 spiro atoms. The Morgan fingerprint density at radius 3 is 3.07 bits per heavy atom. The topological polar surface area (TPSA) is 39.2 Å². The van der Waals surface area contributed by atoms with Gasteiger partial charge in [-0.1, -0.05) is 19.8 Å². The molecule has 0 atom stereocenters. The SMILES string of the molecule is CCCCCOc1ncccc1C=O. The van der Waals surface area contributed by atoms with Gasteiger partial charge in [0.1, 0.15) is 0 Å². The molecule has 76 valence electrons. The monoisotopic (exact) mass is 193 g/mol. The van der Waals surface area contributed by atoms with E-state index in [0.29, 0.717) is 18.1 Å². The van der Waals surface area contributed by atoms with Gasteiger partial charge in [0, 0.05) is 6.20 Å². The quantitative estimate of drug-likeness (QED) is 0.514. The zero-order valence-electron chi connectivity index (χ0n) is 8.40. The number of nitrogens with zero attached hydrogens (tertiary/aromatic N) is 1. The van der Waals surface area contributed by atoms with Crippen LogP contribution in [0.3, 0.4) is 0 Å². The van der Waals surface area contributed by atoms with Crippen LogP contribution in [-0.4, -0.2) is 17.9 Å². The minimum Gasteiger partial charge on any atom is -0.477 e. The van der Waals surface area contributed by atoms with Crippen LogP contribution in [0.15, 0.2) is 18.3 Å². The molecule has 0 N–H and O–H groups in total. The highest BCUT2D eigenvalue weighted by Gasteiger charge is 2.01. The van der Waals surface area contributed by atoms with Gasteiger partial charge in [-0.15, -0.1) is 0 Å². The maximum absolute atomic E-state index is 10.6. The van der Waals surface area contributed by atoms with E-state index in [0.717, 1.165) is 25.5 Å². The number of aldehydes is 1. The fourth-order valence-corrected chi connectivity index (χ4v) is 1.13. The third-order valence-electron chi connectivity index (χ3n) is 1.91. The van der Waals surface area contributed by atoms with E-state index in [4.69, 9.17) is 4.74 Å². The third kappa shape index (κ3) is 3.17. The standard InChI is InChI=1S/C11H15NO2/c1-2-3-4-8-14-11-10(9-13)6-5-7-12-11/h5-7,9H,2-4,8H2,1H3. The van der Waals surface area contributed by atoms with E-state index in [1.54, 1.807) is 18.3 Å². The third-order valence-corrected chi connectivity index (χ3v) is 1.91. The van der Waals surface area contributed by atoms with E-state index >= 15 is 0 Å². The van der Waals surface area contributed by atoms with Crippen LogP contribution < -0.4 is 4.74 Å². The predicted molar refractivity (Wildman–Crippen MR) is 54.6 cm³/mol. The van der Waals surface area contributed by atoms with E-state index in [9.17, 15) is 4.79 Å². The number of aromatic nitrogens is 1. The van der Waals surface area contributed by atoms with Crippen molar-refractivity contribution >= 4 is 6.29 Å². The van der Waals surface area contributed by atoms with Crippen molar-refractivity contribution in [3.05, 3.63) is 23.9 Å². The summed E-state index contributed by atoms with van der Waals surface area (Å²) in [5.41, 5.74) is 0.518. The molecule has 1 rings (SSSR count). The lowest BCUT2D eigenvalue weighted by molar-refractivity contribution is 0.111. The second-order valence-corrected chi connectivity index (χ2v) is 3.07. The van der Waals surface area contributed by atoms with Gasteiger partial charge in [0.25, 0.3) is 0 Å². The highest BCUT2D eigenvalue weighted by Crippen LogP contribution is 2.11. The van der Waals surface area contributed by atoms with Crippen molar-refractivity contribution in [3.63, 3.8) is 0 Å². The summed E-state index contributed by atoms with van der Waals surface area (Å²) in [7, 11) is 0. The fraction of sp³-hybridized carbons (Fsp3) is 0.455. The summed E-state index contributed by atoms with van der Waals surface area (Å²) in [6.07, 6.45) is 5.70. The fourth-order valence-electron chi connectivity index (χ4n) is 1.13. The van der Waals surface area contributed by atoms with Crippen molar-refractivity contribution in [1.29, 1.82) is 0 Å². The molecule has 0 aromatic carbocycles. The molecule has 1 heterocycles. The average molecular weight is 193 g/mol. The summed E-state index contributed by atoms with van der Waals surface area (Å²) in [6, 6.07) is 3.43. The lowest BCUT2D eigenvalue weighted by Crippen LogP contribution is -2.01. The van der Waals surface area contributed by atoms with E-state index in [2.05, 4.69) is 11.9 Å². The normalized spacial score (nSPS) is 9.79. The molecule has 0 unspecified atom stereocenters. The van der Waals surface area contributed by atoms with Crippen LogP contribution in [0.5, 0.6) is 5.88 Å². The first-order valence-corrected chi connectivity index (χ1v) is 4.91. The number of hydrogen-bond donors (Lipinski definition) is 0. The molecule has 0 radical (unpaired) electrons. The van der Waals surface area contributed by atoms with Gasteiger partial charge in [-0.25, -0.2) is 4.98 Å². The van der Waals surface area contributed by atoms with Crippen molar-refractivity contribution in [2.45, 2.75) is 26.2 Å². The van der Waals surface area contributed by atoms with Crippen LogP contribution in [-0.2, 0) is 0 Å². The molecular formula is C11H15NO2. The maximum atomic E-state index is 10.6. The van der Waals surface area contributed by atoms with E-state index in [1.165, 1.54) is 0 Å². The predicted octanol–water partition coefficient (Wildman–Crippen LogP) is 2.46. The average Bonchev–Trinajstić information content (AvgIpc) is 2.25. The van der Waals surface area contributed by atoms with Crippen LogP contribution in [0.1, 0.15) is 36.5 Å². The molecule has 0 bridgehead atoms. The molecule has 0 saturated carbocycles. The largest absolute Gasteiger partial charge is 0.477 e. The number of carbonyl (C=O) groups excluding carboxylic acids is 1. The van der Waals surface area contributed by atoms with Gasteiger partial charge in [0.2, 0.25) is 5.88 Å². The number of hydrogen-bond acceptors (Lipinski definition) is 3. The highest BCUT2D eigenvalue weighted by atomic mass is 16.5. The molecule has 1 aromatic rings. The Labute approximate surface area is 84.1 Å². The Morgan fingerprint density at radius 1 is 1.50 bits per heavy atom. The van der Waals surface area contributed by atoms with Gasteiger partial charge >= 0.3 is 0 Å². The minimum atomic E-state index is 0.443. The van der Waals surface area contributed by atoms with E-state index in [-0.39, 0.29) is 0 Å². The van der Waals surface area contributed by atoms with Crippen molar-refractivity contribution in [2.24, 2.45) is 0 Å². The zero-order chi connectivity index (χ0) is 10.2. The Morgan fingerprint density at radius 2 is 2.36 bits per heavy atom. The summed E-state index contributed by atoms with van der Waals surface area (Å²) in [5.74, 6) is 0.443. The number of unbranched alkanes of at least 4 members (excludes halogenated alkanes) is 2. The Balaban J connectivity index is 2.45. The summed E-state index contributed by atoms with van der Waals surface area (Å²) in [4.78, 5) is 14.6. The molecule has 14 heavy (non-hydrogen) atoms. The minimum absolute atomic E-state index is 0.443. The van der Waals surface area contributed by atoms with Crippen molar-refractivity contribution < 1.29 is 9.53 Å². The van der Waals surface area contributed by atoms with Crippen molar-refractivity contribution in [2.75, 3.05) is 6.61 Å². The van der Waals surface area contributed by atoms with Gasteiger partial charge in [-0.05, 0) is 18.6 Å². The van der Waals surface area contributed by atoms with E-state index in [1.807, 2.05) is 0 Å². The van der Waals surface area contributed by atoms with E-state index < -0.39 is 0 Å². The first-order valence-electron chi connectivity index (χ1n) is 4.91. The Kier molecular flexibility index (Phi) is 4.69. The summed E-state index contributed by atoms with van der Waals surface area (Å²) in [5, 5.41) is 0. The molecule has 3 heteroatoms. The number of ether oxygens (including phenoxy) is 1. The van der Waals surface area contributed by atoms with Crippen LogP contribution in [0.2, 0.25) is 0 Å². The molecule has 0 aliphatic carbocycles. The summed E-state index contributed by atoms with van der Waals surface area (Å²) in [6.45, 7) is 2.77. The van der Waals surface area contributed by atoms with Crippen molar-refractivity contribution in [3.8, 4) is 5.88 Å². The Hall–Kier alpha value is -1.38. The van der Waals surface area contributed by atoms with Crippen LogP contribution in [0, 0.1) is 0 Å². The molecule has 0 aliphatic rings. The maximum Gasteiger partial charge on any atom is 0.224 e. The van der Waals surface area contributed by atoms with Gasteiger partial charge in [0.05, 0.1) is 12.2 Å². The molecular weight excluding hydrogens is 178 g/mol. The summed E-state index contributed by atoms with van der Waals surface area (Å²) >= 11 is 0. The van der Waals surface area contributed by atoms with Gasteiger partial charge in [-0.2, -0.15) is 0 Å².